The van der Waals surface area contributed by atoms with Gasteiger partial charge in [0.2, 0.25) is 0 Å². The maximum atomic E-state index is 12.8. The summed E-state index contributed by atoms with van der Waals surface area (Å²) in [5.74, 6) is 0.449. The van der Waals surface area contributed by atoms with E-state index >= 15 is 0 Å². The Balaban J connectivity index is 1.52. The number of hydrogen-bond donors (Lipinski definition) is 0. The van der Waals surface area contributed by atoms with Gasteiger partial charge >= 0.3 is 0 Å². The van der Waals surface area contributed by atoms with Crippen LogP contribution in [-0.2, 0) is 35.8 Å². The fourth-order valence-electron chi connectivity index (χ4n) is 4.44. The molecule has 37 heavy (non-hydrogen) atoms. The van der Waals surface area contributed by atoms with Crippen molar-refractivity contribution in [2.75, 3.05) is 0 Å². The Bertz CT molecular complexity index is 1420. The van der Waals surface area contributed by atoms with E-state index in [1.54, 1.807) is 6.07 Å². The van der Waals surface area contributed by atoms with E-state index in [4.69, 9.17) is 32.8 Å². The van der Waals surface area contributed by atoms with Crippen LogP contribution >= 0.6 is 23.2 Å². The first-order chi connectivity index (χ1) is 18.1. The van der Waals surface area contributed by atoms with Gasteiger partial charge in [-0.2, -0.15) is 0 Å². The number of ether oxygens (including phenoxy) is 1. The Morgan fingerprint density at radius 3 is 2.22 bits per heavy atom. The van der Waals surface area contributed by atoms with Crippen molar-refractivity contribution in [3.8, 4) is 0 Å². The predicted octanol–water partition coefficient (Wildman–Crippen LogP) is 7.46. The summed E-state index contributed by atoms with van der Waals surface area (Å²) >= 11 is 12.5. The number of Topliss-reactive ketones (excluding diaryl/α,β-unsaturated/α-hetero) is 1. The SMILES string of the molecule is O=C1CCCc2c1cc(/C(=N\OCc1ccccc1)OCc1ccccc1)n2Cc1ccc(Cl)c(Cl)c1. The lowest BCUT2D eigenvalue weighted by Crippen LogP contribution is -2.18. The summed E-state index contributed by atoms with van der Waals surface area (Å²) in [6, 6.07) is 27.1. The van der Waals surface area contributed by atoms with Crippen LogP contribution in [0.4, 0.5) is 0 Å². The van der Waals surface area contributed by atoms with Crippen LogP contribution in [0.3, 0.4) is 0 Å². The molecule has 1 heterocycles. The number of benzene rings is 3. The van der Waals surface area contributed by atoms with Crippen LogP contribution in [0, 0.1) is 0 Å². The topological polar surface area (TPSA) is 52.8 Å². The summed E-state index contributed by atoms with van der Waals surface area (Å²) in [4.78, 5) is 18.6. The number of halogens is 2. The summed E-state index contributed by atoms with van der Waals surface area (Å²) in [5, 5.41) is 5.40. The summed E-state index contributed by atoms with van der Waals surface area (Å²) in [6.07, 6.45) is 2.13. The molecule has 0 fully saturated rings. The highest BCUT2D eigenvalue weighted by Gasteiger charge is 2.27. The fourth-order valence-corrected chi connectivity index (χ4v) is 4.76. The van der Waals surface area contributed by atoms with Crippen LogP contribution in [-0.4, -0.2) is 16.2 Å². The number of oxime groups is 1. The number of carbonyl (C=O) groups excluding carboxylic acids is 1. The van der Waals surface area contributed by atoms with Gasteiger partial charge in [-0.3, -0.25) is 4.79 Å². The van der Waals surface area contributed by atoms with E-state index in [1.807, 2.05) is 78.9 Å². The summed E-state index contributed by atoms with van der Waals surface area (Å²) in [7, 11) is 0. The number of hydrogen-bond acceptors (Lipinski definition) is 4. The van der Waals surface area contributed by atoms with Crippen LogP contribution in [0.1, 0.15) is 51.3 Å². The molecular weight excluding hydrogens is 507 g/mol. The third-order valence-electron chi connectivity index (χ3n) is 6.31. The third-order valence-corrected chi connectivity index (χ3v) is 7.05. The molecule has 1 aliphatic rings. The first-order valence-electron chi connectivity index (χ1n) is 12.2. The monoisotopic (exact) mass is 532 g/mol. The molecule has 0 atom stereocenters. The van der Waals surface area contributed by atoms with Crippen LogP contribution < -0.4 is 0 Å². The van der Waals surface area contributed by atoms with E-state index < -0.39 is 0 Å². The van der Waals surface area contributed by atoms with Gasteiger partial charge < -0.3 is 14.1 Å². The molecule has 5 nitrogen and oxygen atoms in total. The smallest absolute Gasteiger partial charge is 0.274 e. The molecule has 0 aliphatic heterocycles. The molecule has 188 valence electrons. The second-order valence-corrected chi connectivity index (χ2v) is 9.75. The number of carbonyl (C=O) groups is 1. The van der Waals surface area contributed by atoms with E-state index in [-0.39, 0.29) is 5.78 Å². The Morgan fingerprint density at radius 1 is 0.811 bits per heavy atom. The van der Waals surface area contributed by atoms with Gasteiger partial charge in [-0.15, -0.1) is 0 Å². The van der Waals surface area contributed by atoms with Gasteiger partial charge in [0.25, 0.3) is 5.90 Å². The maximum Gasteiger partial charge on any atom is 0.274 e. The average Bonchev–Trinajstić information content (AvgIpc) is 3.29. The summed E-state index contributed by atoms with van der Waals surface area (Å²) in [5.41, 5.74) is 5.32. The van der Waals surface area contributed by atoms with Crippen LogP contribution in [0.25, 0.3) is 0 Å². The van der Waals surface area contributed by atoms with E-state index in [9.17, 15) is 4.79 Å². The van der Waals surface area contributed by atoms with Crippen LogP contribution in [0.2, 0.25) is 10.0 Å². The van der Waals surface area contributed by atoms with E-state index in [0.29, 0.717) is 53.4 Å². The molecule has 0 saturated heterocycles. The molecule has 0 unspecified atom stereocenters. The highest BCUT2D eigenvalue weighted by molar-refractivity contribution is 6.42. The second-order valence-electron chi connectivity index (χ2n) is 8.93. The summed E-state index contributed by atoms with van der Waals surface area (Å²) < 4.78 is 8.32. The quantitative estimate of drug-likeness (QED) is 0.134. The number of rotatable bonds is 8. The molecule has 0 amide bonds. The summed E-state index contributed by atoms with van der Waals surface area (Å²) in [6.45, 7) is 1.09. The Morgan fingerprint density at radius 2 is 1.51 bits per heavy atom. The zero-order valence-corrected chi connectivity index (χ0v) is 21.7. The predicted molar refractivity (Wildman–Crippen MR) is 146 cm³/mol. The third kappa shape index (κ3) is 6.07. The lowest BCUT2D eigenvalue weighted by molar-refractivity contribution is 0.0972. The van der Waals surface area contributed by atoms with Crippen molar-refractivity contribution in [1.82, 2.24) is 4.57 Å². The second kappa shape index (κ2) is 11.7. The van der Waals surface area contributed by atoms with Crippen molar-refractivity contribution in [2.24, 2.45) is 5.16 Å². The molecular formula is C30H26Cl2N2O3. The van der Waals surface area contributed by atoms with E-state index in [2.05, 4.69) is 9.72 Å². The lowest BCUT2D eigenvalue weighted by Gasteiger charge is -2.18. The molecule has 4 aromatic rings. The molecule has 3 aromatic carbocycles. The van der Waals surface area contributed by atoms with Gasteiger partial charge in [-0.05, 0) is 52.9 Å². The molecule has 7 heteroatoms. The molecule has 0 N–H and O–H groups in total. The highest BCUT2D eigenvalue weighted by Crippen LogP contribution is 2.29. The van der Waals surface area contributed by atoms with Crippen LogP contribution in [0.5, 0.6) is 0 Å². The van der Waals surface area contributed by atoms with E-state index in [0.717, 1.165) is 35.2 Å². The normalized spacial score (nSPS) is 13.4. The minimum atomic E-state index is 0.128. The first-order valence-corrected chi connectivity index (χ1v) is 12.9. The minimum Gasteiger partial charge on any atom is -0.469 e. The van der Waals surface area contributed by atoms with Gasteiger partial charge in [0.05, 0.1) is 10.0 Å². The standard InChI is InChI=1S/C30H26Cl2N2O3/c31-25-15-14-23(16-26(25)32)18-34-27-12-7-13-29(35)24(27)17-28(34)30(36-19-21-8-3-1-4-9-21)33-37-20-22-10-5-2-6-11-22/h1-6,8-11,14-17H,7,12-13,18-20H2/b33-30+. The van der Waals surface area contributed by atoms with Gasteiger partial charge in [0.15, 0.2) is 5.78 Å². The fraction of sp³-hybridized carbons (Fsp3) is 0.200. The van der Waals surface area contributed by atoms with Crippen molar-refractivity contribution in [2.45, 2.75) is 39.0 Å². The van der Waals surface area contributed by atoms with Gasteiger partial charge in [-0.25, -0.2) is 0 Å². The molecule has 1 aromatic heterocycles. The van der Waals surface area contributed by atoms with E-state index in [1.165, 1.54) is 0 Å². The average molecular weight is 533 g/mol. The maximum absolute atomic E-state index is 12.8. The number of fused-ring (bicyclic) bond motifs is 1. The van der Waals surface area contributed by atoms with Crippen molar-refractivity contribution in [3.63, 3.8) is 0 Å². The number of aromatic nitrogens is 1. The lowest BCUT2D eigenvalue weighted by atomic mass is 9.96. The van der Waals surface area contributed by atoms with Gasteiger partial charge in [-0.1, -0.05) is 89.9 Å². The molecule has 0 radical (unpaired) electrons. The number of ketones is 1. The van der Waals surface area contributed by atoms with Gasteiger partial charge in [0, 0.05) is 24.2 Å². The van der Waals surface area contributed by atoms with Crippen molar-refractivity contribution in [3.05, 3.63) is 129 Å². The minimum absolute atomic E-state index is 0.128. The molecule has 5 rings (SSSR count). The molecule has 0 saturated carbocycles. The molecule has 0 spiro atoms. The molecule has 0 bridgehead atoms. The first kappa shape index (κ1) is 25.1. The Labute approximate surface area is 226 Å². The van der Waals surface area contributed by atoms with Gasteiger partial charge in [0.1, 0.15) is 18.9 Å². The molecule has 1 aliphatic carbocycles. The zero-order valence-electron chi connectivity index (χ0n) is 20.2. The van der Waals surface area contributed by atoms with Crippen molar-refractivity contribution < 1.29 is 14.4 Å². The number of nitrogens with zero attached hydrogens (tertiary/aromatic N) is 2. The Kier molecular flexibility index (Phi) is 7.93. The van der Waals surface area contributed by atoms with Crippen LogP contribution in [0.15, 0.2) is 90.1 Å². The van der Waals surface area contributed by atoms with Crippen molar-refractivity contribution in [1.29, 1.82) is 0 Å². The highest BCUT2D eigenvalue weighted by atomic mass is 35.5. The zero-order chi connectivity index (χ0) is 25.6. The van der Waals surface area contributed by atoms with Crippen molar-refractivity contribution >= 4 is 34.9 Å². The Hall–Kier alpha value is -3.54. The largest absolute Gasteiger partial charge is 0.469 e.